The number of aromatic carboxylic acids is 1. The van der Waals surface area contributed by atoms with Crippen LogP contribution in [0, 0.1) is 10.1 Å². The molecule has 3 aromatic rings. The Morgan fingerprint density at radius 3 is 2.76 bits per heavy atom. The van der Waals surface area contributed by atoms with Crippen LogP contribution >= 0.6 is 11.6 Å². The second kappa shape index (κ2) is 10.9. The molecule has 11 heteroatoms. The molecule has 0 unspecified atom stereocenters. The van der Waals surface area contributed by atoms with Gasteiger partial charge in [-0.1, -0.05) is 23.7 Å². The van der Waals surface area contributed by atoms with Crippen LogP contribution in [0.1, 0.15) is 28.4 Å². The summed E-state index contributed by atoms with van der Waals surface area (Å²) in [6.45, 7) is 2.28. The van der Waals surface area contributed by atoms with Gasteiger partial charge in [-0.25, -0.2) is 9.78 Å². The van der Waals surface area contributed by atoms with Crippen molar-refractivity contribution in [3.8, 4) is 11.5 Å². The van der Waals surface area contributed by atoms with E-state index in [1.54, 1.807) is 24.3 Å². The smallest absolute Gasteiger partial charge is 0.335 e. The first-order valence-electron chi connectivity index (χ1n) is 9.68. The van der Waals surface area contributed by atoms with Gasteiger partial charge in [-0.15, -0.1) is 0 Å². The van der Waals surface area contributed by atoms with Crippen LogP contribution in [-0.2, 0) is 6.61 Å². The van der Waals surface area contributed by atoms with Crippen LogP contribution in [0.5, 0.6) is 11.5 Å². The molecular formula is C22H19ClN4O6. The van der Waals surface area contributed by atoms with Gasteiger partial charge in [-0.05, 0) is 48.4 Å². The molecule has 0 aliphatic heterocycles. The number of anilines is 1. The van der Waals surface area contributed by atoms with Crippen molar-refractivity contribution in [2.75, 3.05) is 12.0 Å². The first kappa shape index (κ1) is 23.5. The van der Waals surface area contributed by atoms with Crippen LogP contribution in [0.2, 0.25) is 5.02 Å². The Kier molecular flexibility index (Phi) is 7.77. The Bertz CT molecular complexity index is 1180. The molecule has 0 saturated heterocycles. The number of hydrazone groups is 1. The van der Waals surface area contributed by atoms with E-state index in [1.165, 1.54) is 30.5 Å². The van der Waals surface area contributed by atoms with Gasteiger partial charge in [-0.2, -0.15) is 5.10 Å². The third-order valence-corrected chi connectivity index (χ3v) is 4.52. The number of halogens is 1. The molecule has 1 aromatic heterocycles. The number of benzene rings is 2. The Labute approximate surface area is 193 Å². The van der Waals surface area contributed by atoms with E-state index in [0.717, 1.165) is 6.20 Å². The first-order valence-corrected chi connectivity index (χ1v) is 10.1. The van der Waals surface area contributed by atoms with E-state index in [2.05, 4.69) is 15.5 Å². The fourth-order valence-electron chi connectivity index (χ4n) is 2.75. The summed E-state index contributed by atoms with van der Waals surface area (Å²) in [4.78, 5) is 25.2. The van der Waals surface area contributed by atoms with Crippen molar-refractivity contribution < 1.29 is 24.3 Å². The summed E-state index contributed by atoms with van der Waals surface area (Å²) in [5.41, 5.74) is 3.99. The predicted octanol–water partition coefficient (Wildman–Crippen LogP) is 4.77. The van der Waals surface area contributed by atoms with Gasteiger partial charge in [0.1, 0.15) is 18.6 Å². The number of nitrogens with one attached hydrogen (secondary N) is 1. The summed E-state index contributed by atoms with van der Waals surface area (Å²) in [6, 6.07) is 12.5. The lowest BCUT2D eigenvalue weighted by molar-refractivity contribution is -0.385. The molecule has 2 N–H and O–H groups in total. The fraction of sp³-hybridized carbons (Fsp3) is 0.136. The van der Waals surface area contributed by atoms with Crippen molar-refractivity contribution in [2.24, 2.45) is 5.10 Å². The largest absolute Gasteiger partial charge is 0.490 e. The van der Waals surface area contributed by atoms with Crippen molar-refractivity contribution in [3.63, 3.8) is 0 Å². The number of pyridine rings is 1. The number of carboxylic acids is 1. The normalized spacial score (nSPS) is 10.7. The molecule has 0 amide bonds. The second-order valence-corrected chi connectivity index (χ2v) is 6.99. The van der Waals surface area contributed by atoms with Crippen molar-refractivity contribution in [1.29, 1.82) is 0 Å². The van der Waals surface area contributed by atoms with E-state index in [4.69, 9.17) is 26.2 Å². The van der Waals surface area contributed by atoms with Gasteiger partial charge in [0, 0.05) is 6.07 Å². The lowest BCUT2D eigenvalue weighted by Gasteiger charge is -2.14. The number of ether oxygens (including phenoxy) is 2. The van der Waals surface area contributed by atoms with Crippen molar-refractivity contribution in [2.45, 2.75) is 13.5 Å². The lowest BCUT2D eigenvalue weighted by atomic mass is 10.1. The van der Waals surface area contributed by atoms with Crippen molar-refractivity contribution in [3.05, 3.63) is 86.6 Å². The molecule has 1 heterocycles. The molecule has 0 bridgehead atoms. The number of carboxylic acid groups (broad SMARTS) is 1. The second-order valence-electron chi connectivity index (χ2n) is 6.59. The molecule has 0 atom stereocenters. The van der Waals surface area contributed by atoms with Crippen molar-refractivity contribution >= 4 is 35.3 Å². The molecule has 0 aliphatic carbocycles. The molecule has 0 saturated carbocycles. The van der Waals surface area contributed by atoms with Gasteiger partial charge in [0.2, 0.25) is 0 Å². The number of aromatic nitrogens is 1. The summed E-state index contributed by atoms with van der Waals surface area (Å²) in [7, 11) is 0. The van der Waals surface area contributed by atoms with E-state index < -0.39 is 10.9 Å². The number of nitro groups is 1. The molecule has 10 nitrogen and oxygen atoms in total. The van der Waals surface area contributed by atoms with Gasteiger partial charge >= 0.3 is 5.97 Å². The van der Waals surface area contributed by atoms with E-state index in [9.17, 15) is 14.9 Å². The molecule has 0 fully saturated rings. The zero-order valence-corrected chi connectivity index (χ0v) is 18.2. The van der Waals surface area contributed by atoms with E-state index in [0.29, 0.717) is 35.1 Å². The third-order valence-electron chi connectivity index (χ3n) is 4.24. The average Bonchev–Trinajstić information content (AvgIpc) is 2.79. The zero-order valence-electron chi connectivity index (χ0n) is 17.4. The minimum absolute atomic E-state index is 0.0989. The van der Waals surface area contributed by atoms with Crippen LogP contribution in [0.15, 0.2) is 59.8 Å². The molecule has 0 aliphatic rings. The number of carbonyl (C=O) groups is 1. The van der Waals surface area contributed by atoms with Crippen LogP contribution in [0.25, 0.3) is 0 Å². The SMILES string of the molecule is CCOc1cc(/C=N/Nc2ccc([N+](=O)[O-])cn2)cc(Cl)c1OCc1cccc(C(=O)O)c1. The molecular weight excluding hydrogens is 452 g/mol. The fourth-order valence-corrected chi connectivity index (χ4v) is 3.02. The third kappa shape index (κ3) is 6.40. The van der Waals surface area contributed by atoms with Gasteiger partial charge < -0.3 is 14.6 Å². The van der Waals surface area contributed by atoms with Crippen LogP contribution < -0.4 is 14.9 Å². The molecule has 33 heavy (non-hydrogen) atoms. The van der Waals surface area contributed by atoms with E-state index >= 15 is 0 Å². The summed E-state index contributed by atoms with van der Waals surface area (Å²) < 4.78 is 11.5. The van der Waals surface area contributed by atoms with Gasteiger partial charge in [0.25, 0.3) is 5.69 Å². The van der Waals surface area contributed by atoms with Gasteiger partial charge in [0.15, 0.2) is 11.5 Å². The summed E-state index contributed by atoms with van der Waals surface area (Å²) >= 11 is 6.40. The maximum atomic E-state index is 11.1. The molecule has 0 spiro atoms. The highest BCUT2D eigenvalue weighted by Gasteiger charge is 2.13. The topological polar surface area (TPSA) is 136 Å². The van der Waals surface area contributed by atoms with Gasteiger partial charge in [-0.3, -0.25) is 15.5 Å². The number of hydrogen-bond acceptors (Lipinski definition) is 8. The Morgan fingerprint density at radius 1 is 1.27 bits per heavy atom. The summed E-state index contributed by atoms with van der Waals surface area (Å²) in [6.07, 6.45) is 2.61. The van der Waals surface area contributed by atoms with Crippen LogP contribution in [-0.4, -0.2) is 33.8 Å². The van der Waals surface area contributed by atoms with Crippen molar-refractivity contribution in [1.82, 2.24) is 4.98 Å². The zero-order chi connectivity index (χ0) is 23.8. The Hall–Kier alpha value is -4.18. The van der Waals surface area contributed by atoms with Crippen LogP contribution in [0.4, 0.5) is 11.5 Å². The summed E-state index contributed by atoms with van der Waals surface area (Å²) in [5, 5.41) is 24.2. The standard InChI is InChI=1S/C22H19ClN4O6/c1-2-32-19-10-15(11-25-26-20-7-6-17(12-24-20)27(30)31)9-18(23)21(19)33-13-14-4-3-5-16(8-14)22(28)29/h3-12H,2,13H2,1H3,(H,24,26)(H,28,29)/b25-11+. The average molecular weight is 471 g/mol. The minimum atomic E-state index is -1.02. The van der Waals surface area contributed by atoms with E-state index in [1.807, 2.05) is 6.92 Å². The maximum Gasteiger partial charge on any atom is 0.335 e. The molecule has 3 rings (SSSR count). The Morgan fingerprint density at radius 2 is 2.09 bits per heavy atom. The highest BCUT2D eigenvalue weighted by atomic mass is 35.5. The highest BCUT2D eigenvalue weighted by Crippen LogP contribution is 2.37. The Balaban J connectivity index is 1.73. The minimum Gasteiger partial charge on any atom is -0.490 e. The van der Waals surface area contributed by atoms with E-state index in [-0.39, 0.29) is 22.9 Å². The first-order chi connectivity index (χ1) is 15.9. The monoisotopic (exact) mass is 470 g/mol. The van der Waals surface area contributed by atoms with Crippen LogP contribution in [0.3, 0.4) is 0 Å². The molecule has 0 radical (unpaired) electrons. The summed E-state index contributed by atoms with van der Waals surface area (Å²) in [5.74, 6) is 0.0262. The molecule has 2 aromatic carbocycles. The number of hydrogen-bond donors (Lipinski definition) is 2. The van der Waals surface area contributed by atoms with Gasteiger partial charge in [0.05, 0.1) is 28.3 Å². The number of nitrogens with zero attached hydrogens (tertiary/aromatic N) is 3. The predicted molar refractivity (Wildman–Crippen MR) is 122 cm³/mol. The highest BCUT2D eigenvalue weighted by molar-refractivity contribution is 6.32. The lowest BCUT2D eigenvalue weighted by Crippen LogP contribution is -2.03. The molecule has 170 valence electrons. The maximum absolute atomic E-state index is 11.1. The quantitative estimate of drug-likeness (QED) is 0.246. The number of rotatable bonds is 10.